The Bertz CT molecular complexity index is 846. The smallest absolute Gasteiger partial charge is 0.129 e. The van der Waals surface area contributed by atoms with Crippen LogP contribution in [0, 0.1) is 0 Å². The molecule has 1 aliphatic carbocycles. The van der Waals surface area contributed by atoms with Gasteiger partial charge in [-0.3, -0.25) is 0 Å². The standard InChI is InChI=1S/C27H36O2/c1-26(2,3)22-14-18-10-9-11-19-15-23(27(4,5)6)17-21(25(19)29-8)13-12-20(16-22)24(18)28-7/h12-17H,9-11H2,1-8H3/b13-12-. The minimum absolute atomic E-state index is 0.0957. The first-order valence-electron chi connectivity index (χ1n) is 10.7. The fraction of sp³-hybridized carbons (Fsp3) is 0.481. The minimum Gasteiger partial charge on any atom is -0.496 e. The lowest BCUT2D eigenvalue weighted by molar-refractivity contribution is 0.405. The van der Waals surface area contributed by atoms with Gasteiger partial charge in [0.15, 0.2) is 0 Å². The summed E-state index contributed by atoms with van der Waals surface area (Å²) < 4.78 is 11.7. The van der Waals surface area contributed by atoms with E-state index in [1.54, 1.807) is 14.2 Å². The van der Waals surface area contributed by atoms with Crippen LogP contribution < -0.4 is 9.47 Å². The van der Waals surface area contributed by atoms with Crippen LogP contribution in [0.3, 0.4) is 0 Å². The van der Waals surface area contributed by atoms with Crippen molar-refractivity contribution in [2.24, 2.45) is 0 Å². The first kappa shape index (κ1) is 21.5. The summed E-state index contributed by atoms with van der Waals surface area (Å²) in [4.78, 5) is 0. The van der Waals surface area contributed by atoms with E-state index in [1.165, 1.54) is 22.3 Å². The highest BCUT2D eigenvalue weighted by Crippen LogP contribution is 2.38. The molecule has 0 radical (unpaired) electrons. The molecular formula is C27H36O2. The Kier molecular flexibility index (Phi) is 5.85. The predicted octanol–water partition coefficient (Wildman–Crippen LogP) is 6.96. The van der Waals surface area contributed by atoms with Gasteiger partial charge in [-0.1, -0.05) is 65.8 Å². The van der Waals surface area contributed by atoms with Crippen LogP contribution in [-0.4, -0.2) is 14.2 Å². The summed E-state index contributed by atoms with van der Waals surface area (Å²) in [5.41, 5.74) is 7.76. The predicted molar refractivity (Wildman–Crippen MR) is 124 cm³/mol. The highest BCUT2D eigenvalue weighted by atomic mass is 16.5. The molecule has 0 amide bonds. The van der Waals surface area contributed by atoms with E-state index in [0.717, 1.165) is 41.9 Å². The van der Waals surface area contributed by atoms with E-state index in [4.69, 9.17) is 9.47 Å². The molecule has 0 fully saturated rings. The van der Waals surface area contributed by atoms with Crippen molar-refractivity contribution in [3.8, 4) is 11.5 Å². The third kappa shape index (κ3) is 4.52. The second-order valence-electron chi connectivity index (χ2n) is 10.2. The molecule has 1 aliphatic rings. The Morgan fingerprint density at radius 1 is 0.621 bits per heavy atom. The van der Waals surface area contributed by atoms with E-state index in [1.807, 2.05) is 0 Å². The van der Waals surface area contributed by atoms with Crippen LogP contribution >= 0.6 is 0 Å². The van der Waals surface area contributed by atoms with Crippen LogP contribution in [-0.2, 0) is 23.7 Å². The van der Waals surface area contributed by atoms with Gasteiger partial charge in [-0.15, -0.1) is 0 Å². The first-order valence-corrected chi connectivity index (χ1v) is 10.7. The number of hydrogen-bond donors (Lipinski definition) is 0. The molecule has 0 saturated heterocycles. The minimum atomic E-state index is 0.0957. The molecule has 4 bridgehead atoms. The molecule has 0 heterocycles. The molecule has 2 aromatic rings. The number of fused-ring (bicyclic) bond motifs is 4. The van der Waals surface area contributed by atoms with Gasteiger partial charge in [0.25, 0.3) is 0 Å². The van der Waals surface area contributed by atoms with Gasteiger partial charge < -0.3 is 9.47 Å². The van der Waals surface area contributed by atoms with E-state index in [0.29, 0.717) is 0 Å². The van der Waals surface area contributed by atoms with Crippen molar-refractivity contribution >= 4 is 12.2 Å². The van der Waals surface area contributed by atoms with Crippen molar-refractivity contribution in [2.45, 2.75) is 71.6 Å². The normalized spacial score (nSPS) is 15.4. The van der Waals surface area contributed by atoms with E-state index < -0.39 is 0 Å². The highest BCUT2D eigenvalue weighted by molar-refractivity contribution is 5.77. The van der Waals surface area contributed by atoms with Gasteiger partial charge >= 0.3 is 0 Å². The summed E-state index contributed by atoms with van der Waals surface area (Å²) >= 11 is 0. The van der Waals surface area contributed by atoms with Crippen LogP contribution in [0.2, 0.25) is 0 Å². The third-order valence-corrected chi connectivity index (χ3v) is 5.86. The number of benzene rings is 2. The molecule has 0 aliphatic heterocycles. The van der Waals surface area contributed by atoms with Gasteiger partial charge in [-0.25, -0.2) is 0 Å². The quantitative estimate of drug-likeness (QED) is 0.550. The number of hydrogen-bond acceptors (Lipinski definition) is 2. The average molecular weight is 393 g/mol. The Balaban J connectivity index is 2.24. The molecule has 3 rings (SSSR count). The lowest BCUT2D eigenvalue weighted by Crippen LogP contribution is -2.13. The van der Waals surface area contributed by atoms with E-state index in [2.05, 4.69) is 78.0 Å². The molecule has 0 spiro atoms. The summed E-state index contributed by atoms with van der Waals surface area (Å²) in [5.74, 6) is 2.00. The molecule has 2 aromatic carbocycles. The maximum absolute atomic E-state index is 5.87. The summed E-state index contributed by atoms with van der Waals surface area (Å²) in [6.45, 7) is 13.6. The Labute approximate surface area is 176 Å². The second-order valence-corrected chi connectivity index (χ2v) is 10.2. The number of methoxy groups -OCH3 is 2. The molecule has 2 nitrogen and oxygen atoms in total. The molecule has 29 heavy (non-hydrogen) atoms. The van der Waals surface area contributed by atoms with Crippen molar-refractivity contribution < 1.29 is 9.47 Å². The van der Waals surface area contributed by atoms with Crippen molar-refractivity contribution in [3.05, 3.63) is 57.6 Å². The lowest BCUT2D eigenvalue weighted by atomic mass is 9.84. The second kappa shape index (κ2) is 7.89. The highest BCUT2D eigenvalue weighted by Gasteiger charge is 2.22. The summed E-state index contributed by atoms with van der Waals surface area (Å²) in [6.07, 6.45) is 7.43. The zero-order chi connectivity index (χ0) is 21.4. The largest absolute Gasteiger partial charge is 0.496 e. The van der Waals surface area contributed by atoms with E-state index in [-0.39, 0.29) is 10.8 Å². The van der Waals surface area contributed by atoms with E-state index >= 15 is 0 Å². The van der Waals surface area contributed by atoms with Gasteiger partial charge in [-0.05, 0) is 64.5 Å². The van der Waals surface area contributed by atoms with E-state index in [9.17, 15) is 0 Å². The zero-order valence-corrected chi connectivity index (χ0v) is 19.4. The zero-order valence-electron chi connectivity index (χ0n) is 19.4. The molecule has 0 saturated carbocycles. The van der Waals surface area contributed by atoms with Crippen LogP contribution in [0.25, 0.3) is 12.2 Å². The van der Waals surface area contributed by atoms with Crippen LogP contribution in [0.4, 0.5) is 0 Å². The molecule has 0 aromatic heterocycles. The molecule has 156 valence electrons. The summed E-state index contributed by atoms with van der Waals surface area (Å²) in [6, 6.07) is 9.22. The third-order valence-electron chi connectivity index (χ3n) is 5.86. The SMILES string of the molecule is COc1c2cc(C(C)(C)C)cc1CCCc1cc(C(C)(C)C)cc(c1OC)/C=C\2. The van der Waals surface area contributed by atoms with Gasteiger partial charge in [-0.2, -0.15) is 0 Å². The van der Waals surface area contributed by atoms with Crippen molar-refractivity contribution in [1.29, 1.82) is 0 Å². The Morgan fingerprint density at radius 3 is 1.31 bits per heavy atom. The van der Waals surface area contributed by atoms with Gasteiger partial charge in [0, 0.05) is 11.1 Å². The van der Waals surface area contributed by atoms with Gasteiger partial charge in [0.1, 0.15) is 11.5 Å². The molecular weight excluding hydrogens is 356 g/mol. The van der Waals surface area contributed by atoms with Crippen molar-refractivity contribution in [1.82, 2.24) is 0 Å². The molecule has 2 heteroatoms. The maximum Gasteiger partial charge on any atom is 0.129 e. The van der Waals surface area contributed by atoms with Gasteiger partial charge in [0.2, 0.25) is 0 Å². The van der Waals surface area contributed by atoms with Crippen LogP contribution in [0.5, 0.6) is 11.5 Å². The fourth-order valence-electron chi connectivity index (χ4n) is 4.06. The molecule has 0 unspecified atom stereocenters. The van der Waals surface area contributed by atoms with Crippen molar-refractivity contribution in [3.63, 3.8) is 0 Å². The Morgan fingerprint density at radius 2 is 1.00 bits per heavy atom. The average Bonchev–Trinajstić information content (AvgIpc) is 2.64. The number of aryl methyl sites for hydroxylation is 2. The fourth-order valence-corrected chi connectivity index (χ4v) is 4.06. The summed E-state index contributed by atoms with van der Waals surface area (Å²) in [7, 11) is 3.57. The topological polar surface area (TPSA) is 18.5 Å². The molecule has 0 N–H and O–H groups in total. The first-order chi connectivity index (χ1) is 13.5. The van der Waals surface area contributed by atoms with Crippen molar-refractivity contribution in [2.75, 3.05) is 14.2 Å². The number of rotatable bonds is 2. The maximum atomic E-state index is 5.87. The Hall–Kier alpha value is -2.22. The van der Waals surface area contributed by atoms with Crippen LogP contribution in [0.15, 0.2) is 24.3 Å². The number of ether oxygens (including phenoxy) is 2. The monoisotopic (exact) mass is 392 g/mol. The summed E-state index contributed by atoms with van der Waals surface area (Å²) in [5, 5.41) is 0. The van der Waals surface area contributed by atoms with Crippen LogP contribution in [0.1, 0.15) is 81.3 Å². The molecule has 0 atom stereocenters. The van der Waals surface area contributed by atoms with Gasteiger partial charge in [0.05, 0.1) is 14.2 Å². The lowest BCUT2D eigenvalue weighted by Gasteiger charge is -2.23.